The highest BCUT2D eigenvalue weighted by Gasteiger charge is 2.20. The van der Waals surface area contributed by atoms with Crippen LogP contribution in [0.2, 0.25) is 4.34 Å². The Hall–Kier alpha value is -3.21. The lowest BCUT2D eigenvalue weighted by atomic mass is 10.2. The summed E-state index contributed by atoms with van der Waals surface area (Å²) >= 11 is 7.30. The lowest BCUT2D eigenvalue weighted by molar-refractivity contribution is -0.160. The minimum atomic E-state index is -4.19. The third kappa shape index (κ3) is 5.45. The number of H-pyrrole nitrogens is 1. The summed E-state index contributed by atoms with van der Waals surface area (Å²) < 4.78 is 46.6. The molecule has 0 aliphatic rings. The van der Waals surface area contributed by atoms with Crippen LogP contribution in [0.5, 0.6) is 0 Å². The van der Waals surface area contributed by atoms with Crippen molar-refractivity contribution in [3.8, 4) is 5.69 Å². The quantitative estimate of drug-likeness (QED) is 0.173. The zero-order chi connectivity index (χ0) is 26.0. The first-order valence-electron chi connectivity index (χ1n) is 9.64. The molecular weight excluding hydrogens is 559 g/mol. The van der Waals surface area contributed by atoms with E-state index in [1.54, 1.807) is 10.8 Å². The van der Waals surface area contributed by atoms with Gasteiger partial charge in [-0.1, -0.05) is 11.6 Å². The number of benzene rings is 2. The molecule has 2 heterocycles. The van der Waals surface area contributed by atoms with Crippen LogP contribution < -0.4 is 21.3 Å². The van der Waals surface area contributed by atoms with E-state index in [4.69, 9.17) is 15.9 Å². The van der Waals surface area contributed by atoms with Crippen LogP contribution in [0.1, 0.15) is 0 Å². The van der Waals surface area contributed by atoms with Gasteiger partial charge in [0.1, 0.15) is 10.0 Å². The minimum Gasteiger partial charge on any atom is -0.307 e. The molecule has 36 heavy (non-hydrogen) atoms. The normalized spacial score (nSPS) is 11.5. The maximum atomic E-state index is 14.9. The molecule has 0 unspecified atom stereocenters. The van der Waals surface area contributed by atoms with E-state index < -0.39 is 33.1 Å². The average molecular weight is 573 g/mol. The van der Waals surface area contributed by atoms with Gasteiger partial charge < -0.3 is 10.3 Å². The van der Waals surface area contributed by atoms with Crippen molar-refractivity contribution >= 4 is 67.6 Å². The molecule has 3 N–H and O–H groups in total. The lowest BCUT2D eigenvalue weighted by Gasteiger charge is -2.11. The Balaban J connectivity index is 1.61. The van der Waals surface area contributed by atoms with E-state index in [0.717, 1.165) is 35.5 Å². The summed E-state index contributed by atoms with van der Waals surface area (Å²) in [6.07, 6.45) is 0. The number of hydrogen-bond donors (Lipinski definition) is 3. The standard InChI is InChI=1S/C20H14ClFN4O7S3/c1-32-33-35-11-3-4-14-12(9-11)18(27)26(20(29)24-14)15-5-2-10(8-13(15)22)23-19(28)25-36(30,31)17-7-6-16(21)34-17/h2-9H,1H3,(H,24,29)(H2,23,25,28). The smallest absolute Gasteiger partial charge is 0.307 e. The SMILES string of the molecule is COOSc1ccc2[nH]c(=O)n(-c3ccc(NC(=O)NS(=O)(=O)c4ccc(Cl)s4)cc3F)c(=O)c2c1. The fourth-order valence-corrected chi connectivity index (χ4v) is 5.90. The van der Waals surface area contributed by atoms with E-state index in [2.05, 4.69) is 15.2 Å². The third-order valence-corrected chi connectivity index (χ3v) is 8.26. The second kappa shape index (κ2) is 10.4. The number of aromatic amines is 1. The maximum absolute atomic E-state index is 14.9. The van der Waals surface area contributed by atoms with Gasteiger partial charge in [-0.15, -0.1) is 11.3 Å². The number of carbonyl (C=O) groups is 1. The van der Waals surface area contributed by atoms with Crippen molar-refractivity contribution in [3.05, 3.63) is 79.5 Å². The van der Waals surface area contributed by atoms with Gasteiger partial charge in [0.15, 0.2) is 0 Å². The van der Waals surface area contributed by atoms with Gasteiger partial charge >= 0.3 is 11.7 Å². The number of sulfonamides is 1. The molecule has 0 aliphatic carbocycles. The summed E-state index contributed by atoms with van der Waals surface area (Å²) in [4.78, 5) is 45.2. The number of rotatable bonds is 7. The second-order valence-electron chi connectivity index (χ2n) is 6.88. The molecule has 0 saturated heterocycles. The van der Waals surface area contributed by atoms with E-state index in [-0.39, 0.29) is 30.8 Å². The summed E-state index contributed by atoms with van der Waals surface area (Å²) in [5.74, 6) is -1.03. The van der Waals surface area contributed by atoms with Gasteiger partial charge in [0.25, 0.3) is 15.6 Å². The van der Waals surface area contributed by atoms with Crippen LogP contribution in [-0.2, 0) is 19.2 Å². The molecule has 4 rings (SSSR count). The van der Waals surface area contributed by atoms with Gasteiger partial charge in [0, 0.05) is 10.6 Å². The average Bonchev–Trinajstić information content (AvgIpc) is 3.26. The zero-order valence-corrected chi connectivity index (χ0v) is 21.1. The highest BCUT2D eigenvalue weighted by atomic mass is 35.5. The van der Waals surface area contributed by atoms with Crippen LogP contribution >= 0.6 is 35.0 Å². The summed E-state index contributed by atoms with van der Waals surface area (Å²) in [5.41, 5.74) is -1.98. The Morgan fingerprint density at radius 1 is 1.17 bits per heavy atom. The Morgan fingerprint density at radius 3 is 2.61 bits per heavy atom. The number of amides is 2. The highest BCUT2D eigenvalue weighted by molar-refractivity contribution is 7.94. The van der Waals surface area contributed by atoms with Crippen LogP contribution in [-0.4, -0.2) is 31.1 Å². The van der Waals surface area contributed by atoms with Gasteiger partial charge in [-0.25, -0.2) is 36.6 Å². The first-order chi connectivity index (χ1) is 17.1. The number of thiophene rings is 1. The number of nitrogens with zero attached hydrogens (tertiary/aromatic N) is 1. The summed E-state index contributed by atoms with van der Waals surface area (Å²) in [7, 11) is -2.89. The summed E-state index contributed by atoms with van der Waals surface area (Å²) in [5, 5.41) is 2.26. The monoisotopic (exact) mass is 572 g/mol. The zero-order valence-electron chi connectivity index (χ0n) is 17.9. The number of carbonyl (C=O) groups excluding carboxylic acids is 1. The molecule has 0 spiro atoms. The van der Waals surface area contributed by atoms with Crippen molar-refractivity contribution in [2.24, 2.45) is 0 Å². The summed E-state index contributed by atoms with van der Waals surface area (Å²) in [6.45, 7) is 0. The Bertz CT molecular complexity index is 1700. The fourth-order valence-electron chi connectivity index (χ4n) is 3.07. The number of nitrogens with one attached hydrogen (secondary N) is 3. The largest absolute Gasteiger partial charge is 0.333 e. The van der Waals surface area contributed by atoms with Crippen molar-refractivity contribution < 1.29 is 26.8 Å². The molecule has 16 heteroatoms. The van der Waals surface area contributed by atoms with E-state index in [1.807, 2.05) is 0 Å². The van der Waals surface area contributed by atoms with Crippen molar-refractivity contribution in [3.63, 3.8) is 0 Å². The molecule has 0 radical (unpaired) electrons. The molecule has 0 fully saturated rings. The predicted molar refractivity (Wildman–Crippen MR) is 133 cm³/mol. The van der Waals surface area contributed by atoms with Crippen LogP contribution in [0.3, 0.4) is 0 Å². The molecular formula is C20H14ClFN4O7S3. The first kappa shape index (κ1) is 25.9. The minimum absolute atomic E-state index is 0.0826. The second-order valence-corrected chi connectivity index (χ2v) is 11.3. The van der Waals surface area contributed by atoms with E-state index in [1.165, 1.54) is 37.4 Å². The molecule has 0 aliphatic heterocycles. The van der Waals surface area contributed by atoms with Gasteiger partial charge in [-0.3, -0.25) is 4.79 Å². The van der Waals surface area contributed by atoms with E-state index >= 15 is 0 Å². The van der Waals surface area contributed by atoms with Gasteiger partial charge in [-0.2, -0.15) is 4.33 Å². The summed E-state index contributed by atoms with van der Waals surface area (Å²) in [6, 6.07) is 9.06. The fraction of sp³-hybridized carbons (Fsp3) is 0.0500. The molecule has 2 aromatic heterocycles. The highest BCUT2D eigenvalue weighted by Crippen LogP contribution is 2.26. The predicted octanol–water partition coefficient (Wildman–Crippen LogP) is 3.63. The number of anilines is 1. The molecule has 4 aromatic rings. The first-order valence-corrected chi connectivity index (χ1v) is 13.1. The van der Waals surface area contributed by atoms with Gasteiger partial charge in [-0.05, 0) is 48.5 Å². The number of fused-ring (bicyclic) bond motifs is 1. The molecule has 188 valence electrons. The number of urea groups is 1. The van der Waals surface area contributed by atoms with Crippen molar-refractivity contribution in [1.29, 1.82) is 0 Å². The third-order valence-electron chi connectivity index (χ3n) is 4.55. The van der Waals surface area contributed by atoms with Crippen LogP contribution in [0.15, 0.2) is 67.2 Å². The van der Waals surface area contributed by atoms with Crippen molar-refractivity contribution in [2.75, 3.05) is 12.4 Å². The van der Waals surface area contributed by atoms with Crippen LogP contribution in [0.4, 0.5) is 14.9 Å². The molecule has 0 saturated carbocycles. The molecule has 2 aromatic carbocycles. The van der Waals surface area contributed by atoms with Crippen LogP contribution in [0.25, 0.3) is 16.6 Å². The van der Waals surface area contributed by atoms with E-state index in [9.17, 15) is 27.2 Å². The van der Waals surface area contributed by atoms with Crippen molar-refractivity contribution in [1.82, 2.24) is 14.3 Å². The van der Waals surface area contributed by atoms with Crippen molar-refractivity contribution in [2.45, 2.75) is 9.10 Å². The number of aromatic nitrogens is 2. The Kier molecular flexibility index (Phi) is 7.49. The maximum Gasteiger partial charge on any atom is 0.333 e. The van der Waals surface area contributed by atoms with Gasteiger partial charge in [0.2, 0.25) is 0 Å². The number of halogens is 2. The molecule has 2 amide bonds. The Morgan fingerprint density at radius 2 is 1.94 bits per heavy atom. The molecule has 11 nitrogen and oxygen atoms in total. The molecule has 0 bridgehead atoms. The Labute approximate surface area is 215 Å². The lowest BCUT2D eigenvalue weighted by Crippen LogP contribution is -2.35. The van der Waals surface area contributed by atoms with E-state index in [0.29, 0.717) is 9.46 Å². The topological polar surface area (TPSA) is 149 Å². The van der Waals surface area contributed by atoms with Gasteiger partial charge in [0.05, 0.1) is 40.1 Å². The molecule has 0 atom stereocenters. The van der Waals surface area contributed by atoms with Crippen LogP contribution in [0, 0.1) is 5.82 Å². The number of hydrogen-bond acceptors (Lipinski definition) is 9.